The van der Waals surface area contributed by atoms with Crippen molar-refractivity contribution in [2.45, 2.75) is 50.7 Å². The van der Waals surface area contributed by atoms with Gasteiger partial charge in [-0.1, -0.05) is 11.8 Å². The molecule has 0 amide bonds. The van der Waals surface area contributed by atoms with Crippen LogP contribution < -0.4 is 4.90 Å². The lowest BCUT2D eigenvalue weighted by Crippen LogP contribution is -2.21. The number of hydrogen-bond acceptors (Lipinski definition) is 5. The van der Waals surface area contributed by atoms with E-state index in [2.05, 4.69) is 21.5 Å². The van der Waals surface area contributed by atoms with Crippen molar-refractivity contribution in [3.8, 4) is 0 Å². The molecule has 0 aromatic carbocycles. The second kappa shape index (κ2) is 7.02. The number of anilines is 1. The molecule has 0 atom stereocenters. The van der Waals surface area contributed by atoms with Crippen molar-refractivity contribution in [3.05, 3.63) is 35.0 Å². The minimum absolute atomic E-state index is 0.0747. The van der Waals surface area contributed by atoms with E-state index in [0.29, 0.717) is 17.0 Å². The van der Waals surface area contributed by atoms with Gasteiger partial charge in [0.2, 0.25) is 0 Å². The number of halogens is 1. The highest BCUT2D eigenvalue weighted by molar-refractivity contribution is 7.99. The van der Waals surface area contributed by atoms with Gasteiger partial charge in [-0.05, 0) is 45.6 Å². The zero-order valence-electron chi connectivity index (χ0n) is 15.2. The van der Waals surface area contributed by atoms with Crippen LogP contribution in [0.25, 0.3) is 0 Å². The molecule has 1 aliphatic heterocycles. The Hall–Kier alpha value is -1.89. The SMILES string of the molecule is Cc1cc(C(=O)CSc2ncc(F)c(N3CCCC3)n2)c(C)n1C1CC1. The molecule has 1 aliphatic carbocycles. The number of carbonyl (C=O) groups is 1. The van der Waals surface area contributed by atoms with Crippen molar-refractivity contribution in [2.24, 2.45) is 0 Å². The summed E-state index contributed by atoms with van der Waals surface area (Å²) in [6.07, 6.45) is 5.72. The number of thioether (sulfide) groups is 1. The first-order valence-corrected chi connectivity index (χ1v) is 10.1. The van der Waals surface area contributed by atoms with E-state index < -0.39 is 5.82 Å². The molecule has 0 radical (unpaired) electrons. The van der Waals surface area contributed by atoms with Crippen molar-refractivity contribution in [2.75, 3.05) is 23.7 Å². The quantitative estimate of drug-likeness (QED) is 0.435. The fourth-order valence-electron chi connectivity index (χ4n) is 3.72. The van der Waals surface area contributed by atoms with Crippen LogP contribution in [0.4, 0.5) is 10.2 Å². The zero-order valence-corrected chi connectivity index (χ0v) is 16.0. The number of carbonyl (C=O) groups excluding carboxylic acids is 1. The summed E-state index contributed by atoms with van der Waals surface area (Å²) in [6, 6.07) is 2.55. The minimum atomic E-state index is -0.393. The van der Waals surface area contributed by atoms with Gasteiger partial charge >= 0.3 is 0 Å². The van der Waals surface area contributed by atoms with Gasteiger partial charge in [-0.25, -0.2) is 14.4 Å². The molecule has 2 aromatic heterocycles. The monoisotopic (exact) mass is 374 g/mol. The van der Waals surface area contributed by atoms with Gasteiger partial charge in [0.15, 0.2) is 22.6 Å². The lowest BCUT2D eigenvalue weighted by atomic mass is 10.2. The minimum Gasteiger partial charge on any atom is -0.354 e. The number of nitrogens with zero attached hydrogens (tertiary/aromatic N) is 4. The number of rotatable bonds is 6. The van der Waals surface area contributed by atoms with Gasteiger partial charge in [0.25, 0.3) is 0 Å². The zero-order chi connectivity index (χ0) is 18.3. The van der Waals surface area contributed by atoms with E-state index in [0.717, 1.165) is 42.9 Å². The van der Waals surface area contributed by atoms with Crippen molar-refractivity contribution >= 4 is 23.4 Å². The number of ketones is 1. The summed E-state index contributed by atoms with van der Waals surface area (Å²) in [5, 5.41) is 0.456. The number of Topliss-reactive ketones (excluding diaryl/α,β-unsaturated/α-hetero) is 1. The Morgan fingerprint density at radius 1 is 1.31 bits per heavy atom. The fraction of sp³-hybridized carbons (Fsp3) is 0.526. The Labute approximate surface area is 157 Å². The molecular formula is C19H23FN4OS. The van der Waals surface area contributed by atoms with E-state index in [1.54, 1.807) is 0 Å². The van der Waals surface area contributed by atoms with Crippen molar-refractivity contribution < 1.29 is 9.18 Å². The highest BCUT2D eigenvalue weighted by Crippen LogP contribution is 2.38. The predicted molar refractivity (Wildman–Crippen MR) is 101 cm³/mol. The van der Waals surface area contributed by atoms with Crippen LogP contribution in [0.3, 0.4) is 0 Å². The van der Waals surface area contributed by atoms with Gasteiger partial charge in [0.05, 0.1) is 11.9 Å². The molecule has 0 bridgehead atoms. The standard InChI is InChI=1S/C19H23FN4OS/c1-12-9-15(13(2)24(12)14-5-6-14)17(25)11-26-19-21-10-16(20)18(22-19)23-7-3-4-8-23/h9-10,14H,3-8,11H2,1-2H3. The van der Waals surface area contributed by atoms with Gasteiger partial charge in [0.1, 0.15) is 0 Å². The molecule has 5 nitrogen and oxygen atoms in total. The Morgan fingerprint density at radius 3 is 2.73 bits per heavy atom. The molecule has 1 saturated carbocycles. The maximum absolute atomic E-state index is 14.0. The second-order valence-corrected chi connectivity index (χ2v) is 8.06. The topological polar surface area (TPSA) is 51.0 Å². The van der Waals surface area contributed by atoms with Gasteiger partial charge in [-0.3, -0.25) is 4.79 Å². The Kier molecular flexibility index (Phi) is 4.73. The van der Waals surface area contributed by atoms with Gasteiger partial charge in [-0.15, -0.1) is 0 Å². The Bertz CT molecular complexity index is 840. The molecule has 138 valence electrons. The van der Waals surface area contributed by atoms with E-state index in [-0.39, 0.29) is 11.5 Å². The van der Waals surface area contributed by atoms with Crippen LogP contribution in [-0.4, -0.2) is 39.2 Å². The van der Waals surface area contributed by atoms with Gasteiger partial charge in [0, 0.05) is 36.1 Å². The molecule has 2 fully saturated rings. The molecule has 2 aromatic rings. The summed E-state index contributed by atoms with van der Waals surface area (Å²) < 4.78 is 16.3. The first kappa shape index (κ1) is 17.5. The molecule has 26 heavy (non-hydrogen) atoms. The highest BCUT2D eigenvalue weighted by Gasteiger charge is 2.28. The van der Waals surface area contributed by atoms with Crippen LogP contribution in [0.1, 0.15) is 53.5 Å². The summed E-state index contributed by atoms with van der Waals surface area (Å²) in [5.74, 6) is 0.306. The third-order valence-electron chi connectivity index (χ3n) is 5.14. The first-order valence-electron chi connectivity index (χ1n) is 9.16. The van der Waals surface area contributed by atoms with Crippen molar-refractivity contribution in [1.29, 1.82) is 0 Å². The van der Waals surface area contributed by atoms with Crippen molar-refractivity contribution in [3.63, 3.8) is 0 Å². The maximum Gasteiger partial charge on any atom is 0.190 e. The van der Waals surface area contributed by atoms with Gasteiger partial charge in [-0.2, -0.15) is 0 Å². The molecule has 2 aliphatic rings. The predicted octanol–water partition coefficient (Wildman–Crippen LogP) is 3.94. The van der Waals surface area contributed by atoms with E-state index in [1.807, 2.05) is 17.9 Å². The van der Waals surface area contributed by atoms with E-state index in [4.69, 9.17) is 0 Å². The highest BCUT2D eigenvalue weighted by atomic mass is 32.2. The average molecular weight is 374 g/mol. The largest absolute Gasteiger partial charge is 0.354 e. The van der Waals surface area contributed by atoms with Crippen LogP contribution in [0, 0.1) is 19.7 Å². The van der Waals surface area contributed by atoms with E-state index >= 15 is 0 Å². The average Bonchev–Trinajstić information content (AvgIpc) is 3.20. The maximum atomic E-state index is 14.0. The normalized spacial score (nSPS) is 17.1. The third-order valence-corrected chi connectivity index (χ3v) is 6.00. The molecule has 0 unspecified atom stereocenters. The number of hydrogen-bond donors (Lipinski definition) is 0. The van der Waals surface area contributed by atoms with Crippen molar-refractivity contribution in [1.82, 2.24) is 14.5 Å². The summed E-state index contributed by atoms with van der Waals surface area (Å²) >= 11 is 1.28. The number of aryl methyl sites for hydroxylation is 1. The van der Waals surface area contributed by atoms with Crippen LogP contribution in [-0.2, 0) is 0 Å². The van der Waals surface area contributed by atoms with E-state index in [9.17, 15) is 9.18 Å². The smallest absolute Gasteiger partial charge is 0.190 e. The number of aromatic nitrogens is 3. The lowest BCUT2D eigenvalue weighted by Gasteiger charge is -2.17. The summed E-state index contributed by atoms with van der Waals surface area (Å²) in [5.41, 5.74) is 2.98. The summed E-state index contributed by atoms with van der Waals surface area (Å²) in [6.45, 7) is 5.72. The van der Waals surface area contributed by atoms with Crippen LogP contribution in [0.15, 0.2) is 17.4 Å². The molecule has 3 heterocycles. The Morgan fingerprint density at radius 2 is 2.04 bits per heavy atom. The molecule has 4 rings (SSSR count). The molecule has 1 saturated heterocycles. The third kappa shape index (κ3) is 3.37. The van der Waals surface area contributed by atoms with E-state index in [1.165, 1.54) is 30.8 Å². The summed E-state index contributed by atoms with van der Waals surface area (Å²) in [4.78, 5) is 23.0. The summed E-state index contributed by atoms with van der Waals surface area (Å²) in [7, 11) is 0. The van der Waals surface area contributed by atoms with Crippen LogP contribution in [0.5, 0.6) is 0 Å². The molecule has 0 spiro atoms. The Balaban J connectivity index is 1.46. The first-order chi connectivity index (χ1) is 12.5. The molecule has 0 N–H and O–H groups in total. The fourth-order valence-corrected chi connectivity index (χ4v) is 4.42. The van der Waals surface area contributed by atoms with Crippen LogP contribution >= 0.6 is 11.8 Å². The molecular weight excluding hydrogens is 351 g/mol. The van der Waals surface area contributed by atoms with Crippen LogP contribution in [0.2, 0.25) is 0 Å². The molecule has 7 heteroatoms. The lowest BCUT2D eigenvalue weighted by molar-refractivity contribution is 0.102. The second-order valence-electron chi connectivity index (χ2n) is 7.12. The van der Waals surface area contributed by atoms with Gasteiger partial charge < -0.3 is 9.47 Å².